The van der Waals surface area contributed by atoms with Gasteiger partial charge in [-0.2, -0.15) is 41.8 Å². The molecule has 30 nitrogen and oxygen atoms in total. The van der Waals surface area contributed by atoms with Crippen molar-refractivity contribution in [1.82, 2.24) is 24.9 Å². The number of aromatic nitrogens is 5. The van der Waals surface area contributed by atoms with Crippen LogP contribution in [0.1, 0.15) is 95.7 Å². The van der Waals surface area contributed by atoms with Gasteiger partial charge in [0.2, 0.25) is 34.0 Å². The van der Waals surface area contributed by atoms with Gasteiger partial charge in [-0.1, -0.05) is 22.7 Å². The molecule has 9 rings (SSSR count). The summed E-state index contributed by atoms with van der Waals surface area (Å²) in [5, 5.41) is 51.7. The predicted molar refractivity (Wildman–Crippen MR) is 379 cm³/mol. The topological polar surface area (TPSA) is 396 Å². The first kappa shape index (κ1) is 73.0. The first-order chi connectivity index (χ1) is 47.0. The Morgan fingerprint density at radius 3 is 1.46 bits per heavy atom. The number of piperidine rings is 2. The summed E-state index contributed by atoms with van der Waals surface area (Å²) >= 11 is 2.14. The fourth-order valence-electron chi connectivity index (χ4n) is 11.0. The number of amides is 2. The zero-order chi connectivity index (χ0) is 70.3. The molecule has 2 fully saturated rings. The highest BCUT2D eigenvalue weighted by Crippen LogP contribution is 2.43. The summed E-state index contributed by atoms with van der Waals surface area (Å²) in [4.78, 5) is 89.0. The van der Waals surface area contributed by atoms with Gasteiger partial charge in [-0.05, 0) is 171 Å². The van der Waals surface area contributed by atoms with Crippen LogP contribution in [0.25, 0.3) is 6.08 Å². The highest BCUT2D eigenvalue weighted by molar-refractivity contribution is 7.86. The Bertz CT molecular complexity index is 4320. The number of carbonyl (C=O) groups is 4. The maximum Gasteiger partial charge on any atom is 0.294 e. The van der Waals surface area contributed by atoms with E-state index in [2.05, 4.69) is 46.2 Å². The minimum Gasteiger partial charge on any atom is -0.395 e. The molecule has 98 heavy (non-hydrogen) atoms. The number of azo groups is 2. The zero-order valence-electron chi connectivity index (χ0n) is 54.9. The van der Waals surface area contributed by atoms with E-state index in [4.69, 9.17) is 35.1 Å². The molecule has 4 aromatic carbocycles. The van der Waals surface area contributed by atoms with Crippen molar-refractivity contribution in [2.75, 3.05) is 124 Å². The van der Waals surface area contributed by atoms with E-state index in [-0.39, 0.29) is 81.2 Å². The third-order valence-electron chi connectivity index (χ3n) is 16.1. The van der Waals surface area contributed by atoms with E-state index < -0.39 is 49.5 Å². The number of hydrogen-bond donors (Lipinski definition) is 8. The van der Waals surface area contributed by atoms with E-state index in [1.807, 2.05) is 56.9 Å². The molecule has 7 aromatic rings. The van der Waals surface area contributed by atoms with Crippen LogP contribution in [0.2, 0.25) is 0 Å². The Labute approximate surface area is 575 Å². The van der Waals surface area contributed by atoms with E-state index in [9.17, 15) is 55.3 Å². The largest absolute Gasteiger partial charge is 0.395 e. The second-order valence-electron chi connectivity index (χ2n) is 22.7. The minimum absolute atomic E-state index is 0.00346. The molecule has 0 radical (unpaired) electrons. The molecule has 0 aliphatic carbocycles. The number of ketones is 2. The molecule has 0 bridgehead atoms. The Morgan fingerprint density at radius 2 is 1.02 bits per heavy atom. The molecule has 2 saturated heterocycles. The van der Waals surface area contributed by atoms with Gasteiger partial charge in [-0.15, -0.1) is 20.5 Å². The maximum atomic E-state index is 14.1. The molecule has 1 unspecified atom stereocenters. The molecular formula is C64H78N18O12S4. The lowest BCUT2D eigenvalue weighted by molar-refractivity contribution is -0.126. The standard InChI is InChI=1S/C64H78N18O12S4/c1-7-78(8-2)44-21-27-49(74-76-63-69-56(80-29-13-11-14-30-80)53(95-63)39-48(40(5)85)58(87)65-42-17-23-46(24-18-42)97(89,90)91)51(37-44)67-60-71-61(73-62(72-60)82(33-35-83)34-36-84)68-52-38-45(79(9-3)10-4)22-28-50(52)75-77-64-70-57(81-31-15-12-16-32-81)55(96-64)54(41(6)86)59(88)66-43-19-25-47(26-20-43)98(92,93)94/h17-28,37-39,54,83-84H,7-16,29-36H2,1-6H3,(H,65,87)(H,66,88)(H,89,90,91)(H,92,93,94)(H2,67,68,71,72,73)/b48-39+,76-74?,77-75?. The van der Waals surface area contributed by atoms with E-state index in [1.165, 1.54) is 44.2 Å². The first-order valence-electron chi connectivity index (χ1n) is 31.9. The van der Waals surface area contributed by atoms with Gasteiger partial charge in [0, 0.05) is 88.2 Å². The normalized spacial score (nSPS) is 14.2. The molecule has 2 aliphatic rings. The van der Waals surface area contributed by atoms with Gasteiger partial charge < -0.3 is 56.0 Å². The van der Waals surface area contributed by atoms with Crippen molar-refractivity contribution >= 4 is 158 Å². The molecule has 3 aromatic heterocycles. The maximum absolute atomic E-state index is 14.1. The number of aliphatic hydroxyl groups is 2. The molecule has 0 saturated carbocycles. The van der Waals surface area contributed by atoms with Crippen molar-refractivity contribution in [3.8, 4) is 0 Å². The average Bonchev–Trinajstić information content (AvgIpc) is 1.57. The SMILES string of the molecule is CCN(CC)c1ccc(N=Nc2nc(N3CCCCC3)c(/C=C(\C(C)=O)C(=O)Nc3ccc(S(=O)(=O)O)cc3)s2)c(Nc2nc(Nc3cc(N(CC)CC)ccc3N=Nc3nc(N4CCCCC4)c(C(C(C)=O)C(=O)Nc4ccc(S(=O)(=O)O)cc4)s3)nc(N(CCO)CCO)n2)c1. The average molecular weight is 1420 g/mol. The van der Waals surface area contributed by atoms with Crippen LogP contribution in [0.5, 0.6) is 0 Å². The van der Waals surface area contributed by atoms with Gasteiger partial charge in [0.25, 0.3) is 26.1 Å². The van der Waals surface area contributed by atoms with Gasteiger partial charge in [-0.25, -0.2) is 0 Å². The highest BCUT2D eigenvalue weighted by Gasteiger charge is 2.34. The van der Waals surface area contributed by atoms with Crippen molar-refractivity contribution in [3.63, 3.8) is 0 Å². The molecule has 5 heterocycles. The fraction of sp³-hybridized carbons (Fsp3) is 0.391. The van der Waals surface area contributed by atoms with Crippen LogP contribution >= 0.6 is 22.7 Å². The summed E-state index contributed by atoms with van der Waals surface area (Å²) in [6, 6.07) is 20.7. The summed E-state index contributed by atoms with van der Waals surface area (Å²) in [5.41, 5.74) is 3.19. The number of anilines is 11. The lowest BCUT2D eigenvalue weighted by Gasteiger charge is -2.28. The smallest absolute Gasteiger partial charge is 0.294 e. The summed E-state index contributed by atoms with van der Waals surface area (Å²) in [5.74, 6) is -2.85. The van der Waals surface area contributed by atoms with Gasteiger partial charge in [-0.3, -0.25) is 28.3 Å². The second kappa shape index (κ2) is 33.3. The lowest BCUT2D eigenvalue weighted by Crippen LogP contribution is -2.32. The summed E-state index contributed by atoms with van der Waals surface area (Å²) < 4.78 is 65.8. The van der Waals surface area contributed by atoms with Crippen LogP contribution < -0.4 is 45.8 Å². The lowest BCUT2D eigenvalue weighted by atomic mass is 10.0. The Kier molecular flexibility index (Phi) is 24.8. The van der Waals surface area contributed by atoms with E-state index >= 15 is 0 Å². The number of thiazole rings is 2. The molecule has 1 atom stereocenters. The molecular weight excluding hydrogens is 1340 g/mol. The summed E-state index contributed by atoms with van der Waals surface area (Å²) in [6.45, 7) is 15.2. The van der Waals surface area contributed by atoms with E-state index in [0.29, 0.717) is 96.5 Å². The molecule has 0 spiro atoms. The Hall–Kier alpha value is -9.29. The van der Waals surface area contributed by atoms with Crippen molar-refractivity contribution in [3.05, 3.63) is 100 Å². The summed E-state index contributed by atoms with van der Waals surface area (Å²) in [6.07, 6.45) is 6.89. The van der Waals surface area contributed by atoms with Crippen molar-refractivity contribution in [2.45, 2.75) is 95.8 Å². The van der Waals surface area contributed by atoms with E-state index in [1.54, 1.807) is 17.0 Å². The quantitative estimate of drug-likeness (QED) is 0.00658. The Morgan fingerprint density at radius 1 is 0.571 bits per heavy atom. The van der Waals surface area contributed by atoms with Gasteiger partial charge in [0.15, 0.2) is 5.78 Å². The van der Waals surface area contributed by atoms with Crippen molar-refractivity contribution < 1.29 is 55.3 Å². The number of carbonyl (C=O) groups excluding carboxylic acids is 4. The van der Waals surface area contributed by atoms with Crippen LogP contribution in [-0.2, 0) is 39.4 Å². The molecule has 8 N–H and O–H groups in total. The van der Waals surface area contributed by atoms with Crippen LogP contribution in [0.4, 0.5) is 85.2 Å². The summed E-state index contributed by atoms with van der Waals surface area (Å²) in [7, 11) is -9.00. The van der Waals surface area contributed by atoms with Gasteiger partial charge in [0.05, 0.1) is 49.7 Å². The van der Waals surface area contributed by atoms with Crippen LogP contribution in [-0.4, -0.2) is 163 Å². The number of nitrogens with zero attached hydrogens (tertiary/aromatic N) is 14. The van der Waals surface area contributed by atoms with Crippen molar-refractivity contribution in [1.29, 1.82) is 0 Å². The molecule has 2 amide bonds. The zero-order valence-corrected chi connectivity index (χ0v) is 58.2. The third-order valence-corrected chi connectivity index (χ3v) is 19.7. The number of aliphatic hydroxyl groups excluding tert-OH is 2. The number of hydrogen-bond acceptors (Lipinski definition) is 28. The predicted octanol–water partition coefficient (Wildman–Crippen LogP) is 11.0. The molecule has 2 aliphatic heterocycles. The highest BCUT2D eigenvalue weighted by atomic mass is 32.2. The first-order valence-corrected chi connectivity index (χ1v) is 36.4. The molecule has 520 valence electrons. The monoisotopic (exact) mass is 1420 g/mol. The molecule has 34 heteroatoms. The van der Waals surface area contributed by atoms with Gasteiger partial charge >= 0.3 is 0 Å². The Balaban J connectivity index is 1.09. The minimum atomic E-state index is -4.51. The van der Waals surface area contributed by atoms with Crippen LogP contribution in [0.3, 0.4) is 0 Å². The number of nitrogens with one attached hydrogen (secondary N) is 4. The van der Waals surface area contributed by atoms with E-state index in [0.717, 1.165) is 96.8 Å². The van der Waals surface area contributed by atoms with Gasteiger partial charge in [0.1, 0.15) is 34.7 Å². The number of benzene rings is 4. The van der Waals surface area contributed by atoms with Crippen LogP contribution in [0, 0.1) is 0 Å². The van der Waals surface area contributed by atoms with Crippen LogP contribution in [0.15, 0.2) is 121 Å². The second-order valence-corrected chi connectivity index (χ2v) is 27.5. The number of Topliss-reactive ketones (excluding diaryl/α,β-unsaturated/α-hetero) is 2. The fourth-order valence-corrected chi connectivity index (χ4v) is 13.9. The number of rotatable bonds is 31. The van der Waals surface area contributed by atoms with Crippen molar-refractivity contribution in [2.24, 2.45) is 20.5 Å². The third kappa shape index (κ3) is 18.7.